The first-order valence-corrected chi connectivity index (χ1v) is 11.7. The fraction of sp³-hybridized carbons (Fsp3) is 0.391. The molecule has 1 amide bonds. The van der Waals surface area contributed by atoms with E-state index in [0.717, 1.165) is 67.2 Å². The molecule has 2 fully saturated rings. The van der Waals surface area contributed by atoms with E-state index < -0.39 is 0 Å². The smallest absolute Gasteiger partial charge is 0.263 e. The van der Waals surface area contributed by atoms with Gasteiger partial charge in [0, 0.05) is 41.7 Å². The minimum Gasteiger partial charge on any atom is -0.373 e. The number of ether oxygens (including phenoxy) is 1. The maximum absolute atomic E-state index is 13.0. The van der Waals surface area contributed by atoms with E-state index in [1.807, 2.05) is 35.2 Å². The van der Waals surface area contributed by atoms with Crippen molar-refractivity contribution in [2.45, 2.75) is 37.7 Å². The minimum absolute atomic E-state index is 0.143. The van der Waals surface area contributed by atoms with Crippen molar-refractivity contribution in [3.8, 4) is 11.3 Å². The van der Waals surface area contributed by atoms with Gasteiger partial charge < -0.3 is 9.64 Å². The molecule has 1 atom stereocenters. The highest BCUT2D eigenvalue weighted by atomic mass is 35.5. The number of piperidine rings is 1. The first-order chi connectivity index (χ1) is 14.7. The summed E-state index contributed by atoms with van der Waals surface area (Å²) in [5.74, 6) is 0.521. The van der Waals surface area contributed by atoms with Crippen LogP contribution in [0.15, 0.2) is 42.5 Å². The van der Waals surface area contributed by atoms with Crippen molar-refractivity contribution in [2.75, 3.05) is 19.7 Å². The Bertz CT molecular complexity index is 1030. The Balaban J connectivity index is 1.21. The van der Waals surface area contributed by atoms with Crippen LogP contribution in [0.5, 0.6) is 0 Å². The molecule has 3 aromatic rings. The zero-order chi connectivity index (χ0) is 20.5. The van der Waals surface area contributed by atoms with Gasteiger partial charge in [-0.05, 0) is 49.9 Å². The van der Waals surface area contributed by atoms with E-state index in [1.54, 1.807) is 11.3 Å². The van der Waals surface area contributed by atoms with Crippen LogP contribution in [0.25, 0.3) is 11.3 Å². The molecule has 4 heterocycles. The molecule has 7 heteroatoms. The van der Waals surface area contributed by atoms with Gasteiger partial charge in [0.2, 0.25) is 0 Å². The Morgan fingerprint density at radius 2 is 2.00 bits per heavy atom. The first kappa shape index (κ1) is 19.8. The minimum atomic E-state index is 0.143. The summed E-state index contributed by atoms with van der Waals surface area (Å²) in [5, 5.41) is 8.36. The number of likely N-dealkylation sites (tertiary alicyclic amines) is 1. The predicted octanol–water partition coefficient (Wildman–Crippen LogP) is 5.66. The van der Waals surface area contributed by atoms with Crippen molar-refractivity contribution < 1.29 is 9.53 Å². The number of H-pyrrole nitrogens is 1. The number of rotatable bonds is 4. The largest absolute Gasteiger partial charge is 0.373 e. The van der Waals surface area contributed by atoms with Crippen molar-refractivity contribution >= 4 is 28.8 Å². The third kappa shape index (κ3) is 3.92. The molecule has 156 valence electrons. The van der Waals surface area contributed by atoms with Gasteiger partial charge in [-0.2, -0.15) is 5.10 Å². The highest BCUT2D eigenvalue weighted by Gasteiger charge is 2.28. The Morgan fingerprint density at radius 1 is 1.17 bits per heavy atom. The number of halogens is 1. The summed E-state index contributed by atoms with van der Waals surface area (Å²) in [6.45, 7) is 2.35. The molecule has 0 radical (unpaired) electrons. The van der Waals surface area contributed by atoms with Crippen molar-refractivity contribution in [1.29, 1.82) is 0 Å². The maximum Gasteiger partial charge on any atom is 0.263 e. The van der Waals surface area contributed by atoms with Gasteiger partial charge in [0.15, 0.2) is 0 Å². The number of hydrogen-bond acceptors (Lipinski definition) is 4. The summed E-state index contributed by atoms with van der Waals surface area (Å²) < 4.78 is 5.75. The summed E-state index contributed by atoms with van der Waals surface area (Å²) in [4.78, 5) is 16.9. The zero-order valence-electron chi connectivity index (χ0n) is 16.6. The van der Waals surface area contributed by atoms with Crippen LogP contribution in [0, 0.1) is 0 Å². The summed E-state index contributed by atoms with van der Waals surface area (Å²) in [6, 6.07) is 13.9. The molecule has 0 aliphatic carbocycles. The number of nitrogens with one attached hydrogen (secondary N) is 1. The number of carbonyl (C=O) groups is 1. The molecule has 0 spiro atoms. The van der Waals surface area contributed by atoms with Crippen LogP contribution in [0.3, 0.4) is 0 Å². The van der Waals surface area contributed by atoms with Crippen molar-refractivity contribution in [3.63, 3.8) is 0 Å². The number of amides is 1. The van der Waals surface area contributed by atoms with Crippen LogP contribution in [0.1, 0.15) is 57.9 Å². The van der Waals surface area contributed by atoms with E-state index in [2.05, 4.69) is 22.3 Å². The zero-order valence-corrected chi connectivity index (χ0v) is 18.2. The molecule has 1 N–H and O–H groups in total. The third-order valence-corrected chi connectivity index (χ3v) is 7.55. The lowest BCUT2D eigenvalue weighted by molar-refractivity contribution is 0.0717. The number of carbonyl (C=O) groups excluding carboxylic acids is 1. The number of nitrogens with zero attached hydrogens (tertiary/aromatic N) is 2. The van der Waals surface area contributed by atoms with Gasteiger partial charge >= 0.3 is 0 Å². The number of hydrogen-bond donors (Lipinski definition) is 1. The number of aromatic nitrogens is 2. The van der Waals surface area contributed by atoms with E-state index in [-0.39, 0.29) is 12.0 Å². The molecule has 0 bridgehead atoms. The van der Waals surface area contributed by atoms with Crippen LogP contribution < -0.4 is 0 Å². The SMILES string of the molecule is O=C(c1ccc(C2CCCO2)s1)N1CCC(c2cc(-c3ccccc3Cl)n[nH]2)CC1. The van der Waals surface area contributed by atoms with Gasteiger partial charge in [0.05, 0.1) is 21.7 Å². The first-order valence-electron chi connectivity index (χ1n) is 10.5. The van der Waals surface area contributed by atoms with Crippen LogP contribution in [-0.2, 0) is 4.74 Å². The fourth-order valence-corrected chi connectivity index (χ4v) is 5.64. The number of aromatic amines is 1. The summed E-state index contributed by atoms with van der Waals surface area (Å²) in [6.07, 6.45) is 4.19. The predicted molar refractivity (Wildman–Crippen MR) is 119 cm³/mol. The van der Waals surface area contributed by atoms with Gasteiger partial charge in [0.25, 0.3) is 5.91 Å². The second-order valence-electron chi connectivity index (χ2n) is 7.96. The lowest BCUT2D eigenvalue weighted by Gasteiger charge is -2.31. The van der Waals surface area contributed by atoms with Crippen molar-refractivity contribution in [2.24, 2.45) is 0 Å². The molecule has 2 aromatic heterocycles. The highest BCUT2D eigenvalue weighted by Crippen LogP contribution is 2.35. The molecule has 2 saturated heterocycles. The van der Waals surface area contributed by atoms with Crippen LogP contribution in [0.4, 0.5) is 0 Å². The van der Waals surface area contributed by atoms with E-state index in [9.17, 15) is 4.79 Å². The Hall–Kier alpha value is -2.15. The topological polar surface area (TPSA) is 58.2 Å². The third-order valence-electron chi connectivity index (χ3n) is 6.05. The molecular formula is C23H24ClN3O2S. The molecule has 2 aliphatic heterocycles. The lowest BCUT2D eigenvalue weighted by Crippen LogP contribution is -2.37. The molecule has 5 nitrogen and oxygen atoms in total. The molecule has 5 rings (SSSR count). The molecule has 0 saturated carbocycles. The van der Waals surface area contributed by atoms with E-state index in [0.29, 0.717) is 10.9 Å². The maximum atomic E-state index is 13.0. The average Bonchev–Trinajstić information content (AvgIpc) is 3.55. The summed E-state index contributed by atoms with van der Waals surface area (Å²) >= 11 is 7.89. The number of benzene rings is 1. The Morgan fingerprint density at radius 3 is 2.77 bits per heavy atom. The second kappa shape index (κ2) is 8.53. The Labute approximate surface area is 185 Å². The van der Waals surface area contributed by atoms with Crippen molar-refractivity contribution in [1.82, 2.24) is 15.1 Å². The highest BCUT2D eigenvalue weighted by molar-refractivity contribution is 7.14. The molecular weight excluding hydrogens is 418 g/mol. The van der Waals surface area contributed by atoms with Gasteiger partial charge in [-0.1, -0.05) is 29.8 Å². The van der Waals surface area contributed by atoms with E-state index >= 15 is 0 Å². The Kier molecular flexibility index (Phi) is 5.63. The van der Waals surface area contributed by atoms with Crippen LogP contribution in [-0.4, -0.2) is 40.7 Å². The average molecular weight is 442 g/mol. The van der Waals surface area contributed by atoms with Crippen LogP contribution >= 0.6 is 22.9 Å². The quantitative estimate of drug-likeness (QED) is 0.568. The van der Waals surface area contributed by atoms with E-state index in [1.165, 1.54) is 4.88 Å². The second-order valence-corrected chi connectivity index (χ2v) is 9.48. The normalized spacial score (nSPS) is 20.0. The fourth-order valence-electron chi connectivity index (χ4n) is 4.34. The van der Waals surface area contributed by atoms with Gasteiger partial charge in [-0.15, -0.1) is 11.3 Å². The monoisotopic (exact) mass is 441 g/mol. The summed E-state index contributed by atoms with van der Waals surface area (Å²) in [5.41, 5.74) is 2.93. The number of thiophene rings is 1. The van der Waals surface area contributed by atoms with Gasteiger partial charge in [0.1, 0.15) is 0 Å². The van der Waals surface area contributed by atoms with Gasteiger partial charge in [-0.3, -0.25) is 9.89 Å². The molecule has 1 aromatic carbocycles. The molecule has 1 unspecified atom stereocenters. The standard InChI is InChI=1S/C23H24ClN3O2S/c24-17-5-2-1-4-16(17)19-14-18(25-26-19)15-9-11-27(12-10-15)23(28)22-8-7-21(30-22)20-6-3-13-29-20/h1-2,4-5,7-8,14-15,20H,3,6,9-13H2,(H,25,26). The van der Waals surface area contributed by atoms with Gasteiger partial charge in [-0.25, -0.2) is 0 Å². The summed E-state index contributed by atoms with van der Waals surface area (Å²) in [7, 11) is 0. The van der Waals surface area contributed by atoms with Crippen LogP contribution in [0.2, 0.25) is 5.02 Å². The lowest BCUT2D eigenvalue weighted by atomic mass is 9.93. The van der Waals surface area contributed by atoms with E-state index in [4.69, 9.17) is 16.3 Å². The molecule has 30 heavy (non-hydrogen) atoms. The molecule has 2 aliphatic rings. The van der Waals surface area contributed by atoms with Crippen molar-refractivity contribution in [3.05, 3.63) is 62.9 Å².